The summed E-state index contributed by atoms with van der Waals surface area (Å²) in [7, 11) is 1.93. The van der Waals surface area contributed by atoms with Crippen molar-refractivity contribution >= 4 is 23.4 Å². The maximum absolute atomic E-state index is 5.94. The van der Waals surface area contributed by atoms with Crippen LogP contribution in [0.1, 0.15) is 5.89 Å². The van der Waals surface area contributed by atoms with Crippen molar-refractivity contribution in [1.29, 1.82) is 0 Å². The molecule has 0 radical (unpaired) electrons. The molecule has 0 unspecified atom stereocenters. The first-order valence-corrected chi connectivity index (χ1v) is 9.23. The molecule has 0 N–H and O–H groups in total. The van der Waals surface area contributed by atoms with E-state index in [4.69, 9.17) is 16.1 Å². The number of rotatable bonds is 5. The van der Waals surface area contributed by atoms with Crippen LogP contribution in [0.3, 0.4) is 0 Å². The molecule has 0 amide bonds. The largest absolute Gasteiger partial charge is 0.338 e. The van der Waals surface area contributed by atoms with E-state index in [0.29, 0.717) is 22.5 Å². The number of benzene rings is 2. The Morgan fingerprint density at radius 3 is 2.54 bits per heavy atom. The van der Waals surface area contributed by atoms with Gasteiger partial charge in [0.05, 0.1) is 5.75 Å². The molecule has 0 bridgehead atoms. The Morgan fingerprint density at radius 2 is 1.77 bits per heavy atom. The van der Waals surface area contributed by atoms with E-state index >= 15 is 0 Å². The van der Waals surface area contributed by atoms with Gasteiger partial charge in [0.15, 0.2) is 11.0 Å². The molecule has 0 aliphatic carbocycles. The molecular weight excluding hydrogens is 370 g/mol. The summed E-state index contributed by atoms with van der Waals surface area (Å²) in [5, 5.41) is 14.0. The first-order valence-electron chi connectivity index (χ1n) is 7.87. The fourth-order valence-corrected chi connectivity index (χ4v) is 3.31. The van der Waals surface area contributed by atoms with Crippen LogP contribution in [-0.4, -0.2) is 24.9 Å². The molecule has 0 aliphatic rings. The predicted molar refractivity (Wildman–Crippen MR) is 101 cm³/mol. The Morgan fingerprint density at radius 1 is 1.00 bits per heavy atom. The number of halogens is 1. The van der Waals surface area contributed by atoms with Crippen LogP contribution in [-0.2, 0) is 12.8 Å². The van der Waals surface area contributed by atoms with Gasteiger partial charge in [0, 0.05) is 23.2 Å². The summed E-state index contributed by atoms with van der Waals surface area (Å²) in [5.74, 6) is 2.43. The van der Waals surface area contributed by atoms with Gasteiger partial charge in [0.1, 0.15) is 0 Å². The summed E-state index contributed by atoms with van der Waals surface area (Å²) in [6.45, 7) is 0. The van der Waals surface area contributed by atoms with Crippen molar-refractivity contribution in [3.05, 3.63) is 65.5 Å². The second kappa shape index (κ2) is 7.31. The molecule has 2 aromatic carbocycles. The number of thioether (sulfide) groups is 1. The molecular formula is C18H14ClN5OS. The van der Waals surface area contributed by atoms with Crippen LogP contribution in [0.4, 0.5) is 0 Å². The van der Waals surface area contributed by atoms with Crippen molar-refractivity contribution in [1.82, 2.24) is 24.9 Å². The topological polar surface area (TPSA) is 69.6 Å². The molecule has 0 saturated heterocycles. The lowest BCUT2D eigenvalue weighted by molar-refractivity contribution is 0.391. The molecule has 0 aliphatic heterocycles. The number of nitrogens with zero attached hydrogens (tertiary/aromatic N) is 5. The monoisotopic (exact) mass is 383 g/mol. The number of aromatic nitrogens is 5. The molecule has 2 heterocycles. The average molecular weight is 384 g/mol. The van der Waals surface area contributed by atoms with E-state index in [1.165, 1.54) is 11.8 Å². The molecule has 26 heavy (non-hydrogen) atoms. The van der Waals surface area contributed by atoms with Crippen LogP contribution in [0.2, 0.25) is 5.02 Å². The van der Waals surface area contributed by atoms with E-state index in [9.17, 15) is 0 Å². The first-order chi connectivity index (χ1) is 12.7. The lowest BCUT2D eigenvalue weighted by Gasteiger charge is -2.03. The minimum atomic E-state index is 0.520. The third-order valence-electron chi connectivity index (χ3n) is 3.76. The van der Waals surface area contributed by atoms with Gasteiger partial charge in [-0.3, -0.25) is 0 Å². The second-order valence-electron chi connectivity index (χ2n) is 5.54. The summed E-state index contributed by atoms with van der Waals surface area (Å²) in [4.78, 5) is 4.43. The number of hydrogen-bond acceptors (Lipinski definition) is 6. The smallest absolute Gasteiger partial charge is 0.237 e. The Hall–Kier alpha value is -2.64. The third kappa shape index (κ3) is 3.49. The lowest BCUT2D eigenvalue weighted by Crippen LogP contribution is -1.95. The molecule has 8 heteroatoms. The van der Waals surface area contributed by atoms with Crippen LogP contribution in [0.15, 0.2) is 64.3 Å². The van der Waals surface area contributed by atoms with Gasteiger partial charge in [-0.2, -0.15) is 4.98 Å². The molecule has 0 saturated carbocycles. The highest BCUT2D eigenvalue weighted by molar-refractivity contribution is 7.98. The summed E-state index contributed by atoms with van der Waals surface area (Å²) in [5.41, 5.74) is 1.89. The molecule has 6 nitrogen and oxygen atoms in total. The zero-order chi connectivity index (χ0) is 17.9. The second-order valence-corrected chi connectivity index (χ2v) is 6.92. The summed E-state index contributed by atoms with van der Waals surface area (Å²) >= 11 is 7.43. The first kappa shape index (κ1) is 16.8. The molecule has 4 rings (SSSR count). The molecule has 4 aromatic rings. The SMILES string of the molecule is Cn1c(SCc2nc(-c3ccccc3)no2)nnc1-c1ccc(Cl)cc1. The molecule has 0 spiro atoms. The van der Waals surface area contributed by atoms with Crippen molar-refractivity contribution in [3.8, 4) is 22.8 Å². The van der Waals surface area contributed by atoms with Crippen LogP contribution >= 0.6 is 23.4 Å². The molecule has 130 valence electrons. The van der Waals surface area contributed by atoms with Crippen LogP contribution in [0.5, 0.6) is 0 Å². The highest BCUT2D eigenvalue weighted by atomic mass is 35.5. The van der Waals surface area contributed by atoms with E-state index in [0.717, 1.165) is 22.1 Å². The Balaban J connectivity index is 1.47. The van der Waals surface area contributed by atoms with Crippen molar-refractivity contribution in [2.45, 2.75) is 10.9 Å². The third-order valence-corrected chi connectivity index (χ3v) is 5.02. The van der Waals surface area contributed by atoms with Gasteiger partial charge in [-0.05, 0) is 24.3 Å². The van der Waals surface area contributed by atoms with Gasteiger partial charge in [-0.15, -0.1) is 10.2 Å². The van der Waals surface area contributed by atoms with E-state index < -0.39 is 0 Å². The van der Waals surface area contributed by atoms with Gasteiger partial charge in [-0.1, -0.05) is 58.9 Å². The van der Waals surface area contributed by atoms with Gasteiger partial charge in [-0.25, -0.2) is 0 Å². The van der Waals surface area contributed by atoms with E-state index in [1.54, 1.807) is 0 Å². The molecule has 0 fully saturated rings. The van der Waals surface area contributed by atoms with Crippen molar-refractivity contribution in [2.24, 2.45) is 7.05 Å². The Kier molecular flexibility index (Phi) is 4.73. The van der Waals surface area contributed by atoms with Gasteiger partial charge in [0.25, 0.3) is 0 Å². The minimum absolute atomic E-state index is 0.520. The lowest BCUT2D eigenvalue weighted by atomic mass is 10.2. The van der Waals surface area contributed by atoms with Crippen LogP contribution in [0.25, 0.3) is 22.8 Å². The van der Waals surface area contributed by atoms with E-state index in [1.807, 2.05) is 66.2 Å². The van der Waals surface area contributed by atoms with E-state index in [2.05, 4.69) is 20.3 Å². The fourth-order valence-electron chi connectivity index (χ4n) is 2.44. The zero-order valence-corrected chi connectivity index (χ0v) is 15.4. The van der Waals surface area contributed by atoms with Crippen molar-refractivity contribution in [3.63, 3.8) is 0 Å². The zero-order valence-electron chi connectivity index (χ0n) is 13.8. The highest BCUT2D eigenvalue weighted by Gasteiger charge is 2.14. The summed E-state index contributed by atoms with van der Waals surface area (Å²) < 4.78 is 7.26. The number of hydrogen-bond donors (Lipinski definition) is 0. The molecule has 0 atom stereocenters. The van der Waals surface area contributed by atoms with Crippen LogP contribution < -0.4 is 0 Å². The fraction of sp³-hybridized carbons (Fsp3) is 0.111. The van der Waals surface area contributed by atoms with Gasteiger partial charge < -0.3 is 9.09 Å². The van der Waals surface area contributed by atoms with Gasteiger partial charge in [0.2, 0.25) is 11.7 Å². The quantitative estimate of drug-likeness (QED) is 0.473. The average Bonchev–Trinajstić information content (AvgIpc) is 3.29. The van der Waals surface area contributed by atoms with Crippen molar-refractivity contribution in [2.75, 3.05) is 0 Å². The van der Waals surface area contributed by atoms with E-state index in [-0.39, 0.29) is 0 Å². The Bertz CT molecular complexity index is 1010. The standard InChI is InChI=1S/C18H14ClN5OS/c1-24-17(13-7-9-14(19)10-8-13)21-22-18(24)26-11-15-20-16(23-25-15)12-5-3-2-4-6-12/h2-10H,11H2,1H3. The summed E-state index contributed by atoms with van der Waals surface area (Å²) in [6, 6.07) is 17.2. The summed E-state index contributed by atoms with van der Waals surface area (Å²) in [6.07, 6.45) is 0. The normalized spacial score (nSPS) is 11.0. The van der Waals surface area contributed by atoms with Gasteiger partial charge >= 0.3 is 0 Å². The minimum Gasteiger partial charge on any atom is -0.338 e. The Labute approximate surface area is 159 Å². The predicted octanol–water partition coefficient (Wildman–Crippen LogP) is 4.48. The van der Waals surface area contributed by atoms with Crippen LogP contribution in [0, 0.1) is 0 Å². The maximum Gasteiger partial charge on any atom is 0.237 e. The highest BCUT2D eigenvalue weighted by Crippen LogP contribution is 2.26. The molecule has 2 aromatic heterocycles. The van der Waals surface area contributed by atoms with Crippen molar-refractivity contribution < 1.29 is 4.52 Å². The maximum atomic E-state index is 5.94.